The predicted molar refractivity (Wildman–Crippen MR) is 127 cm³/mol. The molecule has 2 aliphatic heterocycles. The number of aromatic nitrogens is 2. The zero-order valence-electron chi connectivity index (χ0n) is 20.6. The summed E-state index contributed by atoms with van der Waals surface area (Å²) in [6, 6.07) is 3.28. The van der Waals surface area contributed by atoms with Gasteiger partial charge in [0.1, 0.15) is 11.4 Å². The minimum atomic E-state index is -4.79. The Hall–Kier alpha value is -2.88. The van der Waals surface area contributed by atoms with Crippen molar-refractivity contribution in [2.75, 3.05) is 13.1 Å². The lowest BCUT2D eigenvalue weighted by Crippen LogP contribution is -2.39. The second kappa shape index (κ2) is 9.53. The summed E-state index contributed by atoms with van der Waals surface area (Å²) in [7, 11) is 0. The third-order valence-corrected chi connectivity index (χ3v) is 6.49. The Kier molecular flexibility index (Phi) is 6.94. The van der Waals surface area contributed by atoms with Crippen molar-refractivity contribution in [1.82, 2.24) is 19.8 Å². The Morgan fingerprint density at radius 1 is 1.17 bits per heavy atom. The first-order valence-electron chi connectivity index (χ1n) is 11.8. The molecular formula is C25H28ClF3N4O3. The maximum absolute atomic E-state index is 13.6. The molecule has 1 aromatic carbocycles. The van der Waals surface area contributed by atoms with Crippen molar-refractivity contribution in [1.29, 1.82) is 0 Å². The van der Waals surface area contributed by atoms with Gasteiger partial charge in [-0.05, 0) is 75.8 Å². The van der Waals surface area contributed by atoms with Gasteiger partial charge in [-0.1, -0.05) is 11.6 Å². The van der Waals surface area contributed by atoms with E-state index in [1.54, 1.807) is 31.7 Å². The van der Waals surface area contributed by atoms with Gasteiger partial charge in [0.15, 0.2) is 5.69 Å². The summed E-state index contributed by atoms with van der Waals surface area (Å²) < 4.78 is 46.4. The lowest BCUT2D eigenvalue weighted by atomic mass is 9.90. The van der Waals surface area contributed by atoms with Gasteiger partial charge in [-0.25, -0.2) is 14.8 Å². The van der Waals surface area contributed by atoms with Gasteiger partial charge in [-0.15, -0.1) is 0 Å². The molecule has 11 heteroatoms. The first kappa shape index (κ1) is 26.2. The molecule has 0 saturated carbocycles. The smallest absolute Gasteiger partial charge is 0.434 e. The van der Waals surface area contributed by atoms with E-state index in [0.29, 0.717) is 24.4 Å². The van der Waals surface area contributed by atoms with Crippen molar-refractivity contribution in [3.63, 3.8) is 0 Å². The fourth-order valence-corrected chi connectivity index (χ4v) is 5.02. The predicted octanol–water partition coefficient (Wildman–Crippen LogP) is 5.73. The highest BCUT2D eigenvalue weighted by molar-refractivity contribution is 6.30. The summed E-state index contributed by atoms with van der Waals surface area (Å²) in [5.74, 6) is -0.854. The molecule has 2 aliphatic rings. The van der Waals surface area contributed by atoms with Gasteiger partial charge in [-0.3, -0.25) is 4.79 Å². The fraction of sp³-hybridized carbons (Fsp3) is 0.520. The number of aryl methyl sites for hydroxylation is 1. The maximum atomic E-state index is 13.6. The number of fused-ring (bicyclic) bond motifs is 1. The lowest BCUT2D eigenvalue weighted by Gasteiger charge is -2.34. The van der Waals surface area contributed by atoms with E-state index < -0.39 is 35.0 Å². The van der Waals surface area contributed by atoms with Crippen molar-refractivity contribution in [2.24, 2.45) is 0 Å². The highest BCUT2D eigenvalue weighted by atomic mass is 35.5. The number of carbonyl (C=O) groups excluding carboxylic acids is 2. The van der Waals surface area contributed by atoms with Gasteiger partial charge >= 0.3 is 12.3 Å². The summed E-state index contributed by atoms with van der Waals surface area (Å²) in [5.41, 5.74) is 0.00904. The van der Waals surface area contributed by atoms with Gasteiger partial charge in [0, 0.05) is 30.9 Å². The van der Waals surface area contributed by atoms with Crippen LogP contribution >= 0.6 is 11.6 Å². The molecule has 2 aromatic rings. The van der Waals surface area contributed by atoms with Crippen LogP contribution in [0.4, 0.5) is 18.0 Å². The number of benzene rings is 1. The molecule has 4 rings (SSSR count). The Labute approximate surface area is 212 Å². The Balaban J connectivity index is 1.67. The molecule has 7 nitrogen and oxygen atoms in total. The summed E-state index contributed by atoms with van der Waals surface area (Å²) in [6.07, 6.45) is -2.42. The van der Waals surface area contributed by atoms with E-state index in [1.807, 2.05) is 6.07 Å². The third-order valence-electron chi connectivity index (χ3n) is 6.28. The molecule has 1 saturated heterocycles. The first-order valence-corrected chi connectivity index (χ1v) is 12.1. The maximum Gasteiger partial charge on any atom is 0.434 e. The van der Waals surface area contributed by atoms with Crippen LogP contribution in [-0.4, -0.2) is 50.5 Å². The molecule has 194 valence electrons. The van der Waals surface area contributed by atoms with Crippen LogP contribution in [0.3, 0.4) is 0 Å². The van der Waals surface area contributed by atoms with E-state index in [0.717, 1.165) is 29.3 Å². The van der Waals surface area contributed by atoms with Gasteiger partial charge in [-0.2, -0.15) is 13.2 Å². The van der Waals surface area contributed by atoms with Crippen LogP contribution in [0.5, 0.6) is 0 Å². The highest BCUT2D eigenvalue weighted by Crippen LogP contribution is 2.40. The van der Waals surface area contributed by atoms with E-state index in [1.165, 1.54) is 11.8 Å². The van der Waals surface area contributed by atoms with Gasteiger partial charge in [0.25, 0.3) is 5.91 Å². The summed E-state index contributed by atoms with van der Waals surface area (Å²) in [5, 5.41) is 0.505. The Morgan fingerprint density at radius 2 is 1.89 bits per heavy atom. The number of rotatable bonds is 2. The molecule has 0 bridgehead atoms. The van der Waals surface area contributed by atoms with Crippen LogP contribution in [0.15, 0.2) is 18.3 Å². The zero-order chi connectivity index (χ0) is 26.4. The van der Waals surface area contributed by atoms with E-state index in [4.69, 9.17) is 16.3 Å². The van der Waals surface area contributed by atoms with E-state index in [-0.39, 0.29) is 25.0 Å². The average Bonchev–Trinajstić information content (AvgIpc) is 3.26. The molecule has 1 aromatic heterocycles. The van der Waals surface area contributed by atoms with Crippen LogP contribution in [0, 0.1) is 6.92 Å². The van der Waals surface area contributed by atoms with E-state index in [2.05, 4.69) is 9.97 Å². The molecule has 0 aliphatic carbocycles. The topological polar surface area (TPSA) is 75.6 Å². The SMILES string of the molecule is Cc1ncc(C(=O)N2CCc3cc(Cl)cc(C4CCCN4C(=O)OC(C)(C)C)c3C2)c(C(F)(F)F)n1. The highest BCUT2D eigenvalue weighted by Gasteiger charge is 2.40. The number of alkyl halides is 3. The third kappa shape index (κ3) is 5.43. The number of halogens is 4. The molecule has 0 N–H and O–H groups in total. The number of hydrogen-bond donors (Lipinski definition) is 0. The quantitative estimate of drug-likeness (QED) is 0.501. The van der Waals surface area contributed by atoms with Gasteiger partial charge < -0.3 is 14.5 Å². The van der Waals surface area contributed by atoms with Crippen LogP contribution < -0.4 is 0 Å². The van der Waals surface area contributed by atoms with Crippen molar-refractivity contribution in [3.05, 3.63) is 57.1 Å². The minimum absolute atomic E-state index is 0.0664. The minimum Gasteiger partial charge on any atom is -0.444 e. The molecule has 3 heterocycles. The second-order valence-corrected chi connectivity index (χ2v) is 10.6. The second-order valence-electron chi connectivity index (χ2n) is 10.1. The summed E-state index contributed by atoms with van der Waals surface area (Å²) in [4.78, 5) is 36.5. The molecular weight excluding hydrogens is 497 g/mol. The number of likely N-dealkylation sites (tertiary alicyclic amines) is 1. The Morgan fingerprint density at radius 3 is 2.56 bits per heavy atom. The largest absolute Gasteiger partial charge is 0.444 e. The summed E-state index contributed by atoms with van der Waals surface area (Å²) in [6.45, 7) is 7.55. The lowest BCUT2D eigenvalue weighted by molar-refractivity contribution is -0.141. The fourth-order valence-electron chi connectivity index (χ4n) is 4.77. The van der Waals surface area contributed by atoms with Crippen molar-refractivity contribution in [3.8, 4) is 0 Å². The van der Waals surface area contributed by atoms with E-state index >= 15 is 0 Å². The van der Waals surface area contributed by atoms with Crippen molar-refractivity contribution in [2.45, 2.75) is 71.3 Å². The van der Waals surface area contributed by atoms with Gasteiger partial charge in [0.2, 0.25) is 0 Å². The molecule has 0 spiro atoms. The normalized spacial score (nSPS) is 18.3. The Bertz CT molecular complexity index is 1200. The van der Waals surface area contributed by atoms with Crippen LogP contribution in [0.25, 0.3) is 0 Å². The number of nitrogens with zero attached hydrogens (tertiary/aromatic N) is 4. The van der Waals surface area contributed by atoms with Crippen molar-refractivity contribution < 1.29 is 27.5 Å². The van der Waals surface area contributed by atoms with Gasteiger partial charge in [0.05, 0.1) is 11.6 Å². The summed E-state index contributed by atoms with van der Waals surface area (Å²) >= 11 is 6.42. The number of hydrogen-bond acceptors (Lipinski definition) is 5. The molecule has 0 radical (unpaired) electrons. The van der Waals surface area contributed by atoms with Crippen LogP contribution in [-0.2, 0) is 23.9 Å². The van der Waals surface area contributed by atoms with Crippen molar-refractivity contribution >= 4 is 23.6 Å². The van der Waals surface area contributed by atoms with E-state index in [9.17, 15) is 22.8 Å². The number of ether oxygens (including phenoxy) is 1. The zero-order valence-corrected chi connectivity index (χ0v) is 21.3. The standard InChI is InChI=1S/C25H28ClF3N4O3/c1-14-30-12-18(21(31-14)25(27,28)29)22(34)32-9-7-15-10-16(26)11-17(19(15)13-32)20-6-5-8-33(20)23(35)36-24(2,3)4/h10-12,20H,5-9,13H2,1-4H3. The number of carbonyl (C=O) groups is 2. The molecule has 1 unspecified atom stereocenters. The van der Waals surface area contributed by atoms with Crippen LogP contribution in [0.2, 0.25) is 5.02 Å². The molecule has 2 amide bonds. The monoisotopic (exact) mass is 524 g/mol. The molecule has 1 fully saturated rings. The number of amides is 2. The van der Waals surface area contributed by atoms with Crippen LogP contribution in [0.1, 0.15) is 78.2 Å². The average molecular weight is 525 g/mol. The molecule has 36 heavy (non-hydrogen) atoms. The molecule has 1 atom stereocenters. The first-order chi connectivity index (χ1) is 16.7.